The smallest absolute Gasteiger partial charge is 0.239 e. The Morgan fingerprint density at radius 1 is 0.935 bits per heavy atom. The molecular formula is C25H33FN4O. The molecule has 2 unspecified atom stereocenters. The summed E-state index contributed by atoms with van der Waals surface area (Å²) in [6.07, 6.45) is 5.69. The second kappa shape index (κ2) is 10.2. The molecule has 2 aliphatic rings. The molecule has 2 atom stereocenters. The van der Waals surface area contributed by atoms with E-state index in [1.165, 1.54) is 31.4 Å². The summed E-state index contributed by atoms with van der Waals surface area (Å²) < 4.78 is 13.3. The van der Waals surface area contributed by atoms with Gasteiger partial charge in [0.2, 0.25) is 5.91 Å². The number of benzene rings is 2. The molecule has 0 spiro atoms. The highest BCUT2D eigenvalue weighted by atomic mass is 19.1. The van der Waals surface area contributed by atoms with Crippen LogP contribution in [0, 0.1) is 5.82 Å². The number of halogens is 1. The van der Waals surface area contributed by atoms with Gasteiger partial charge in [0.1, 0.15) is 11.9 Å². The maximum Gasteiger partial charge on any atom is 0.239 e. The van der Waals surface area contributed by atoms with Crippen LogP contribution in [0.1, 0.15) is 43.7 Å². The van der Waals surface area contributed by atoms with Gasteiger partial charge in [-0.15, -0.1) is 0 Å². The monoisotopic (exact) mass is 424 g/mol. The molecule has 2 aromatic carbocycles. The van der Waals surface area contributed by atoms with Crippen LogP contribution in [-0.2, 0) is 4.79 Å². The fourth-order valence-electron chi connectivity index (χ4n) is 4.89. The van der Waals surface area contributed by atoms with Crippen LogP contribution in [0.4, 0.5) is 10.1 Å². The molecule has 3 N–H and O–H groups in total. The average molecular weight is 425 g/mol. The van der Waals surface area contributed by atoms with E-state index in [1.807, 2.05) is 30.3 Å². The number of hydrogen-bond acceptors (Lipinski definition) is 4. The Bertz CT molecular complexity index is 830. The molecule has 166 valence electrons. The minimum atomic E-state index is -0.623. The van der Waals surface area contributed by atoms with Gasteiger partial charge in [-0.2, -0.15) is 0 Å². The zero-order valence-electron chi connectivity index (χ0n) is 18.1. The van der Waals surface area contributed by atoms with Crippen LogP contribution in [-0.4, -0.2) is 49.1 Å². The van der Waals surface area contributed by atoms with Crippen molar-refractivity contribution < 1.29 is 9.18 Å². The number of nitrogens with one attached hydrogen (secondary N) is 1. The Kier molecular flexibility index (Phi) is 7.20. The second-order valence-corrected chi connectivity index (χ2v) is 8.72. The standard InChI is InChI=1S/C25H33FN4O/c26-20-11-13-22(14-12-20)29-15-17-30(18-16-29)24(19-7-3-1-4-8-19)23(27)25(31)28-21-9-5-2-6-10-21/h1,3-4,7-8,11-14,21,23-24H,2,5-6,9-10,15-18,27H2,(H,28,31). The number of carbonyl (C=O) groups excluding carboxylic acids is 1. The highest BCUT2D eigenvalue weighted by Crippen LogP contribution is 2.27. The SMILES string of the molecule is NC(C(=O)NC1CCCCC1)C(c1ccccc1)N1CCN(c2ccc(F)cc2)CC1. The molecule has 5 nitrogen and oxygen atoms in total. The van der Waals surface area contributed by atoms with Crippen molar-refractivity contribution in [1.82, 2.24) is 10.2 Å². The first-order valence-electron chi connectivity index (χ1n) is 11.5. The van der Waals surface area contributed by atoms with Crippen LogP contribution < -0.4 is 16.0 Å². The molecule has 2 aromatic rings. The van der Waals surface area contributed by atoms with Gasteiger partial charge in [0, 0.05) is 37.9 Å². The molecule has 1 saturated carbocycles. The van der Waals surface area contributed by atoms with Crippen molar-refractivity contribution in [3.8, 4) is 0 Å². The van der Waals surface area contributed by atoms with Crippen LogP contribution in [0.5, 0.6) is 0 Å². The van der Waals surface area contributed by atoms with E-state index in [0.29, 0.717) is 0 Å². The Labute approximate surface area is 184 Å². The zero-order chi connectivity index (χ0) is 21.6. The quantitative estimate of drug-likeness (QED) is 0.746. The molecule has 2 fully saturated rings. The Morgan fingerprint density at radius 3 is 2.23 bits per heavy atom. The molecule has 0 radical (unpaired) electrons. The molecule has 6 heteroatoms. The van der Waals surface area contributed by atoms with Gasteiger partial charge in [-0.05, 0) is 42.7 Å². The maximum atomic E-state index is 13.3. The van der Waals surface area contributed by atoms with Crippen LogP contribution >= 0.6 is 0 Å². The third-order valence-corrected chi connectivity index (χ3v) is 6.63. The average Bonchev–Trinajstić information content (AvgIpc) is 2.81. The van der Waals surface area contributed by atoms with Gasteiger partial charge in [0.05, 0.1) is 6.04 Å². The molecule has 4 rings (SSSR count). The fourth-order valence-corrected chi connectivity index (χ4v) is 4.89. The fraction of sp³-hybridized carbons (Fsp3) is 0.480. The number of rotatable bonds is 6. The van der Waals surface area contributed by atoms with E-state index in [-0.39, 0.29) is 23.8 Å². The van der Waals surface area contributed by atoms with Crippen molar-refractivity contribution in [2.75, 3.05) is 31.1 Å². The summed E-state index contributed by atoms with van der Waals surface area (Å²) in [6.45, 7) is 3.21. The van der Waals surface area contributed by atoms with Gasteiger partial charge in [0.15, 0.2) is 0 Å². The number of hydrogen-bond donors (Lipinski definition) is 2. The minimum Gasteiger partial charge on any atom is -0.369 e. The van der Waals surface area contributed by atoms with Gasteiger partial charge in [-0.1, -0.05) is 49.6 Å². The lowest BCUT2D eigenvalue weighted by Crippen LogP contribution is -2.56. The third-order valence-electron chi connectivity index (χ3n) is 6.63. The highest BCUT2D eigenvalue weighted by molar-refractivity contribution is 5.83. The van der Waals surface area contributed by atoms with Gasteiger partial charge in [-0.25, -0.2) is 4.39 Å². The molecular weight excluding hydrogens is 391 g/mol. The van der Waals surface area contributed by atoms with Gasteiger partial charge in [0.25, 0.3) is 0 Å². The largest absolute Gasteiger partial charge is 0.369 e. The van der Waals surface area contributed by atoms with Crippen molar-refractivity contribution in [3.05, 3.63) is 66.0 Å². The predicted molar refractivity (Wildman–Crippen MR) is 122 cm³/mol. The van der Waals surface area contributed by atoms with Gasteiger partial charge >= 0.3 is 0 Å². The molecule has 1 aliphatic heterocycles. The summed E-state index contributed by atoms with van der Waals surface area (Å²) in [5.74, 6) is -0.275. The first-order chi connectivity index (χ1) is 15.1. The molecule has 1 aliphatic carbocycles. The second-order valence-electron chi connectivity index (χ2n) is 8.72. The van der Waals surface area contributed by atoms with E-state index in [0.717, 1.165) is 50.3 Å². The highest BCUT2D eigenvalue weighted by Gasteiger charge is 2.34. The summed E-state index contributed by atoms with van der Waals surface area (Å²) >= 11 is 0. The lowest BCUT2D eigenvalue weighted by atomic mass is 9.93. The van der Waals surface area contributed by atoms with Crippen LogP contribution in [0.2, 0.25) is 0 Å². The Balaban J connectivity index is 1.45. The van der Waals surface area contributed by atoms with Crippen LogP contribution in [0.3, 0.4) is 0 Å². The molecule has 1 saturated heterocycles. The summed E-state index contributed by atoms with van der Waals surface area (Å²) in [5, 5.41) is 3.21. The van der Waals surface area contributed by atoms with Crippen molar-refractivity contribution in [2.45, 2.75) is 50.2 Å². The van der Waals surface area contributed by atoms with Crippen molar-refractivity contribution in [3.63, 3.8) is 0 Å². The van der Waals surface area contributed by atoms with E-state index in [9.17, 15) is 9.18 Å². The van der Waals surface area contributed by atoms with Crippen molar-refractivity contribution in [1.29, 1.82) is 0 Å². The Morgan fingerprint density at radius 2 is 1.58 bits per heavy atom. The van der Waals surface area contributed by atoms with Crippen LogP contribution in [0.25, 0.3) is 0 Å². The van der Waals surface area contributed by atoms with E-state index in [2.05, 4.69) is 27.2 Å². The number of carbonyl (C=O) groups is 1. The molecule has 1 amide bonds. The summed E-state index contributed by atoms with van der Waals surface area (Å²) in [5.41, 5.74) is 8.69. The molecule has 1 heterocycles. The van der Waals surface area contributed by atoms with Crippen LogP contribution in [0.15, 0.2) is 54.6 Å². The van der Waals surface area contributed by atoms with E-state index in [4.69, 9.17) is 5.73 Å². The van der Waals surface area contributed by atoms with E-state index >= 15 is 0 Å². The van der Waals surface area contributed by atoms with Gasteiger partial charge in [-0.3, -0.25) is 9.69 Å². The number of nitrogens with zero attached hydrogens (tertiary/aromatic N) is 2. The number of piperazine rings is 1. The summed E-state index contributed by atoms with van der Waals surface area (Å²) in [4.78, 5) is 17.7. The predicted octanol–water partition coefficient (Wildman–Crippen LogP) is 3.47. The number of anilines is 1. The number of amides is 1. The lowest BCUT2D eigenvalue weighted by molar-refractivity contribution is -0.125. The number of nitrogens with two attached hydrogens (primary N) is 1. The zero-order valence-corrected chi connectivity index (χ0v) is 18.1. The summed E-state index contributed by atoms with van der Waals surface area (Å²) in [6, 6.07) is 16.2. The Hall–Kier alpha value is -2.44. The van der Waals surface area contributed by atoms with Crippen molar-refractivity contribution >= 4 is 11.6 Å². The van der Waals surface area contributed by atoms with Gasteiger partial charge < -0.3 is 16.0 Å². The molecule has 31 heavy (non-hydrogen) atoms. The first-order valence-corrected chi connectivity index (χ1v) is 11.5. The third kappa shape index (κ3) is 5.43. The first kappa shape index (κ1) is 21.8. The maximum absolute atomic E-state index is 13.3. The van der Waals surface area contributed by atoms with Crippen molar-refractivity contribution in [2.24, 2.45) is 5.73 Å². The topological polar surface area (TPSA) is 61.6 Å². The molecule has 0 aromatic heterocycles. The van der Waals surface area contributed by atoms with E-state index < -0.39 is 6.04 Å². The summed E-state index contributed by atoms with van der Waals surface area (Å²) in [7, 11) is 0. The minimum absolute atomic E-state index is 0.0540. The van der Waals surface area contributed by atoms with E-state index in [1.54, 1.807) is 0 Å². The normalized spacial score (nSPS) is 20.3. The molecule has 0 bridgehead atoms. The lowest BCUT2D eigenvalue weighted by Gasteiger charge is -2.42.